The molecule has 0 saturated carbocycles. The maximum absolute atomic E-state index is 12.6. The Morgan fingerprint density at radius 3 is 2.46 bits per heavy atom. The van der Waals surface area contributed by atoms with Crippen molar-refractivity contribution < 1.29 is 12.6 Å². The van der Waals surface area contributed by atoms with Crippen molar-refractivity contribution in [1.82, 2.24) is 9.97 Å². The monoisotopic (exact) mass is 340 g/mol. The van der Waals surface area contributed by atoms with E-state index in [1.165, 1.54) is 18.2 Å². The van der Waals surface area contributed by atoms with Crippen LogP contribution in [-0.4, -0.2) is 18.4 Å². The molecular formula is C17H12N2O4S. The highest BCUT2D eigenvalue weighted by molar-refractivity contribution is 7.87. The van der Waals surface area contributed by atoms with Gasteiger partial charge in [0.05, 0.1) is 11.0 Å². The molecule has 0 aliphatic rings. The predicted molar refractivity (Wildman–Crippen MR) is 90.7 cm³/mol. The Morgan fingerprint density at radius 2 is 1.58 bits per heavy atom. The number of hydrogen-bond donors (Lipinski definition) is 2. The van der Waals surface area contributed by atoms with Gasteiger partial charge in [0.2, 0.25) is 0 Å². The summed E-state index contributed by atoms with van der Waals surface area (Å²) >= 11 is 0. The molecule has 0 atom stereocenters. The molecule has 2 N–H and O–H groups in total. The van der Waals surface area contributed by atoms with Crippen LogP contribution < -0.4 is 9.87 Å². The fraction of sp³-hybridized carbons (Fsp3) is 0. The maximum Gasteiger partial charge on any atom is 0.339 e. The first kappa shape index (κ1) is 14.5. The molecule has 4 rings (SSSR count). The van der Waals surface area contributed by atoms with E-state index in [0.29, 0.717) is 16.4 Å². The number of H-pyrrole nitrogens is 2. The SMILES string of the molecule is O=c1[nH]c2ccc(S(=O)(=O)Oc3cccc4ccccc34)cc2[nH]1. The molecule has 0 radical (unpaired) electrons. The molecule has 0 aliphatic carbocycles. The predicted octanol–water partition coefficient (Wildman–Crippen LogP) is 2.78. The molecule has 0 unspecified atom stereocenters. The highest BCUT2D eigenvalue weighted by atomic mass is 32.2. The third-order valence-corrected chi connectivity index (χ3v) is 4.96. The first-order valence-corrected chi connectivity index (χ1v) is 8.58. The van der Waals surface area contributed by atoms with Gasteiger partial charge >= 0.3 is 15.8 Å². The van der Waals surface area contributed by atoms with E-state index in [0.717, 1.165) is 5.39 Å². The Hall–Kier alpha value is -3.06. The summed E-state index contributed by atoms with van der Waals surface area (Å²) < 4.78 is 30.5. The topological polar surface area (TPSA) is 92.0 Å². The molecule has 0 spiro atoms. The van der Waals surface area contributed by atoms with E-state index < -0.39 is 15.8 Å². The normalized spacial score (nSPS) is 11.8. The largest absolute Gasteiger partial charge is 0.378 e. The van der Waals surface area contributed by atoms with E-state index in [4.69, 9.17) is 4.18 Å². The first-order chi connectivity index (χ1) is 11.5. The van der Waals surface area contributed by atoms with Gasteiger partial charge in [-0.2, -0.15) is 8.42 Å². The molecule has 7 heteroatoms. The smallest absolute Gasteiger partial charge is 0.339 e. The molecule has 0 fully saturated rings. The van der Waals surface area contributed by atoms with Crippen molar-refractivity contribution in [3.05, 3.63) is 71.1 Å². The zero-order chi connectivity index (χ0) is 16.7. The van der Waals surface area contributed by atoms with Gasteiger partial charge in [-0.05, 0) is 29.7 Å². The Kier molecular flexibility index (Phi) is 3.17. The summed E-state index contributed by atoms with van der Waals surface area (Å²) in [6.07, 6.45) is 0. The van der Waals surface area contributed by atoms with E-state index in [2.05, 4.69) is 9.97 Å². The van der Waals surface area contributed by atoms with Gasteiger partial charge in [0.25, 0.3) is 0 Å². The molecular weight excluding hydrogens is 328 g/mol. The van der Waals surface area contributed by atoms with Crippen molar-refractivity contribution in [3.8, 4) is 5.75 Å². The van der Waals surface area contributed by atoms with Gasteiger partial charge in [-0.3, -0.25) is 0 Å². The number of benzene rings is 3. The van der Waals surface area contributed by atoms with Gasteiger partial charge in [0.15, 0.2) is 5.75 Å². The number of fused-ring (bicyclic) bond motifs is 2. The summed E-state index contributed by atoms with van der Waals surface area (Å²) in [5.74, 6) is 0.260. The van der Waals surface area contributed by atoms with Crippen molar-refractivity contribution in [3.63, 3.8) is 0 Å². The van der Waals surface area contributed by atoms with Gasteiger partial charge in [-0.25, -0.2) is 4.79 Å². The number of imidazole rings is 1. The highest BCUT2D eigenvalue weighted by Gasteiger charge is 2.19. The maximum atomic E-state index is 12.6. The fourth-order valence-electron chi connectivity index (χ4n) is 2.60. The van der Waals surface area contributed by atoms with E-state index in [1.807, 2.05) is 24.3 Å². The first-order valence-electron chi connectivity index (χ1n) is 7.17. The lowest BCUT2D eigenvalue weighted by atomic mass is 10.1. The van der Waals surface area contributed by atoms with Gasteiger partial charge in [0, 0.05) is 5.39 Å². The number of hydrogen-bond acceptors (Lipinski definition) is 4. The van der Waals surface area contributed by atoms with Gasteiger partial charge in [-0.1, -0.05) is 36.4 Å². The third-order valence-electron chi connectivity index (χ3n) is 3.73. The molecule has 3 aromatic carbocycles. The van der Waals surface area contributed by atoms with Crippen molar-refractivity contribution >= 4 is 31.9 Å². The molecule has 120 valence electrons. The van der Waals surface area contributed by atoms with E-state index in [1.54, 1.807) is 18.2 Å². The molecule has 1 heterocycles. The quantitative estimate of drug-likeness (QED) is 0.561. The number of nitrogens with one attached hydrogen (secondary N) is 2. The number of aromatic nitrogens is 2. The van der Waals surface area contributed by atoms with Crippen LogP contribution in [0.2, 0.25) is 0 Å². The number of aromatic amines is 2. The molecule has 0 bridgehead atoms. The Labute approximate surface area is 136 Å². The van der Waals surface area contributed by atoms with E-state index >= 15 is 0 Å². The second-order valence-electron chi connectivity index (χ2n) is 5.30. The second kappa shape index (κ2) is 5.24. The zero-order valence-corrected chi connectivity index (χ0v) is 13.1. The molecule has 0 aliphatic heterocycles. The van der Waals surface area contributed by atoms with Gasteiger partial charge in [0.1, 0.15) is 4.90 Å². The Balaban J connectivity index is 1.80. The van der Waals surface area contributed by atoms with Crippen molar-refractivity contribution in [2.24, 2.45) is 0 Å². The molecule has 0 amide bonds. The van der Waals surface area contributed by atoms with Crippen LogP contribution in [0.1, 0.15) is 0 Å². The van der Waals surface area contributed by atoms with Crippen LogP contribution in [-0.2, 0) is 10.1 Å². The number of rotatable bonds is 3. The second-order valence-corrected chi connectivity index (χ2v) is 6.85. The van der Waals surface area contributed by atoms with Crippen molar-refractivity contribution in [1.29, 1.82) is 0 Å². The van der Waals surface area contributed by atoms with Crippen LogP contribution in [0.25, 0.3) is 21.8 Å². The summed E-state index contributed by atoms with van der Waals surface area (Å²) in [7, 11) is -4.02. The average Bonchev–Trinajstić information content (AvgIpc) is 2.94. The van der Waals surface area contributed by atoms with Gasteiger partial charge in [-0.15, -0.1) is 0 Å². The summed E-state index contributed by atoms with van der Waals surface area (Å²) in [6.45, 7) is 0. The molecule has 6 nitrogen and oxygen atoms in total. The lowest BCUT2D eigenvalue weighted by Crippen LogP contribution is -2.10. The van der Waals surface area contributed by atoms with E-state index in [-0.39, 0.29) is 10.6 Å². The third kappa shape index (κ3) is 2.44. The molecule has 1 aromatic heterocycles. The fourth-order valence-corrected chi connectivity index (χ4v) is 3.58. The van der Waals surface area contributed by atoms with Crippen molar-refractivity contribution in [2.45, 2.75) is 4.90 Å². The molecule has 24 heavy (non-hydrogen) atoms. The standard InChI is InChI=1S/C17H12N2O4S/c20-17-18-14-9-8-12(10-15(14)19-17)24(21,22)23-16-7-3-5-11-4-1-2-6-13(11)16/h1-10H,(H2,18,19,20). The summed E-state index contributed by atoms with van der Waals surface area (Å²) in [5, 5.41) is 1.59. The minimum atomic E-state index is -4.02. The Morgan fingerprint density at radius 1 is 0.833 bits per heavy atom. The average molecular weight is 340 g/mol. The van der Waals surface area contributed by atoms with E-state index in [9.17, 15) is 13.2 Å². The van der Waals surface area contributed by atoms with Crippen LogP contribution in [0.15, 0.2) is 70.4 Å². The van der Waals surface area contributed by atoms with Crippen LogP contribution in [0.5, 0.6) is 5.75 Å². The lowest BCUT2D eigenvalue weighted by Gasteiger charge is -2.09. The van der Waals surface area contributed by atoms with Crippen LogP contribution >= 0.6 is 0 Å². The summed E-state index contributed by atoms with van der Waals surface area (Å²) in [5.41, 5.74) is 0.543. The van der Waals surface area contributed by atoms with Crippen LogP contribution in [0.3, 0.4) is 0 Å². The van der Waals surface area contributed by atoms with Gasteiger partial charge < -0.3 is 14.2 Å². The lowest BCUT2D eigenvalue weighted by molar-refractivity contribution is 0.489. The van der Waals surface area contributed by atoms with Crippen LogP contribution in [0, 0.1) is 0 Å². The highest BCUT2D eigenvalue weighted by Crippen LogP contribution is 2.28. The zero-order valence-electron chi connectivity index (χ0n) is 12.3. The van der Waals surface area contributed by atoms with Crippen molar-refractivity contribution in [2.75, 3.05) is 0 Å². The molecule has 0 saturated heterocycles. The Bertz CT molecular complexity index is 1220. The molecule has 4 aromatic rings. The minimum absolute atomic E-state index is 0.0295. The van der Waals surface area contributed by atoms with Crippen LogP contribution in [0.4, 0.5) is 0 Å². The minimum Gasteiger partial charge on any atom is -0.378 e. The summed E-state index contributed by atoms with van der Waals surface area (Å²) in [6, 6.07) is 16.9. The summed E-state index contributed by atoms with van der Waals surface area (Å²) in [4.78, 5) is 16.4.